The second-order valence-corrected chi connectivity index (χ2v) is 10.8. The highest BCUT2D eigenvalue weighted by molar-refractivity contribution is 6.30. The lowest BCUT2D eigenvalue weighted by atomic mass is 9.94. The summed E-state index contributed by atoms with van der Waals surface area (Å²) in [7, 11) is 1.30. The van der Waals surface area contributed by atoms with Crippen molar-refractivity contribution >= 4 is 35.4 Å². The van der Waals surface area contributed by atoms with Crippen LogP contribution >= 0.6 is 11.6 Å². The van der Waals surface area contributed by atoms with Crippen LogP contribution in [0.5, 0.6) is 11.5 Å². The zero-order valence-electron chi connectivity index (χ0n) is 24.4. The van der Waals surface area contributed by atoms with Gasteiger partial charge in [0.15, 0.2) is 29.3 Å². The van der Waals surface area contributed by atoms with Crippen molar-refractivity contribution in [3.63, 3.8) is 0 Å². The molecule has 3 aromatic rings. The van der Waals surface area contributed by atoms with E-state index in [9.17, 15) is 24.3 Å². The standard InChI is InChI=1S/C29H32ClN5O9/c1-15(2)27(38)44-25-16(3)43-29(40)21(32-26(37)23-24(36)22(41-4)8-10-31-23)14-42-28(39)19(25)9-11-35-13-20(33-34-35)17-6-5-7-18(30)12-17/h5-8,10,12-13,15-16,19,21,25,36H,9,11,14H2,1-4H3,(H,32,37)/t16-,19+,21-,25-/m0/s1. The maximum absolute atomic E-state index is 13.4. The van der Waals surface area contributed by atoms with Gasteiger partial charge in [-0.2, -0.15) is 0 Å². The number of halogens is 1. The molecule has 15 heteroatoms. The van der Waals surface area contributed by atoms with Crippen LogP contribution in [-0.4, -0.2) is 80.9 Å². The second-order valence-electron chi connectivity index (χ2n) is 10.3. The Morgan fingerprint density at radius 1 is 1.23 bits per heavy atom. The number of pyridine rings is 1. The number of nitrogens with zero attached hydrogens (tertiary/aromatic N) is 4. The van der Waals surface area contributed by atoms with Crippen molar-refractivity contribution in [2.75, 3.05) is 13.7 Å². The molecule has 0 spiro atoms. The number of cyclic esters (lactones) is 2. The normalized spacial score (nSPS) is 20.5. The molecule has 1 aromatic carbocycles. The van der Waals surface area contributed by atoms with E-state index < -0.39 is 72.0 Å². The van der Waals surface area contributed by atoms with E-state index in [1.54, 1.807) is 38.2 Å². The molecule has 2 aromatic heterocycles. The summed E-state index contributed by atoms with van der Waals surface area (Å²) in [5.74, 6) is -5.43. The van der Waals surface area contributed by atoms with Gasteiger partial charge in [0, 0.05) is 29.4 Å². The van der Waals surface area contributed by atoms with Crippen LogP contribution in [0.25, 0.3) is 11.3 Å². The maximum Gasteiger partial charge on any atom is 0.332 e. The molecule has 44 heavy (non-hydrogen) atoms. The van der Waals surface area contributed by atoms with Gasteiger partial charge >= 0.3 is 17.9 Å². The maximum atomic E-state index is 13.4. The monoisotopic (exact) mass is 629 g/mol. The molecule has 3 heterocycles. The lowest BCUT2D eigenvalue weighted by Crippen LogP contribution is -2.46. The zero-order valence-corrected chi connectivity index (χ0v) is 25.2. The molecule has 2 N–H and O–H groups in total. The Hall–Kier alpha value is -4.72. The van der Waals surface area contributed by atoms with Crippen molar-refractivity contribution < 1.29 is 43.2 Å². The third kappa shape index (κ3) is 7.61. The molecule has 0 radical (unpaired) electrons. The number of carbonyl (C=O) groups is 4. The Morgan fingerprint density at radius 3 is 2.70 bits per heavy atom. The molecular weight excluding hydrogens is 598 g/mol. The number of hydrogen-bond donors (Lipinski definition) is 2. The summed E-state index contributed by atoms with van der Waals surface area (Å²) in [6.07, 6.45) is 0.672. The number of amides is 1. The highest BCUT2D eigenvalue weighted by atomic mass is 35.5. The van der Waals surface area contributed by atoms with Crippen LogP contribution in [0.15, 0.2) is 42.7 Å². The Balaban J connectivity index is 1.54. The van der Waals surface area contributed by atoms with Gasteiger partial charge in [0.05, 0.1) is 25.1 Å². The number of hydrogen-bond acceptors (Lipinski definition) is 12. The van der Waals surface area contributed by atoms with Gasteiger partial charge in [-0.1, -0.05) is 42.8 Å². The second kappa shape index (κ2) is 14.2. The predicted molar refractivity (Wildman–Crippen MR) is 154 cm³/mol. The summed E-state index contributed by atoms with van der Waals surface area (Å²) in [6, 6.07) is 6.97. The summed E-state index contributed by atoms with van der Waals surface area (Å²) < 4.78 is 23.2. The first kappa shape index (κ1) is 32.2. The summed E-state index contributed by atoms with van der Waals surface area (Å²) in [4.78, 5) is 55.9. The fourth-order valence-electron chi connectivity index (χ4n) is 4.42. The third-order valence-corrected chi connectivity index (χ3v) is 7.06. The average molecular weight is 630 g/mol. The van der Waals surface area contributed by atoms with Gasteiger partial charge in [-0.05, 0) is 25.5 Å². The Morgan fingerprint density at radius 2 is 2.00 bits per heavy atom. The molecule has 1 aliphatic rings. The first-order chi connectivity index (χ1) is 21.0. The number of carbonyl (C=O) groups excluding carboxylic acids is 4. The molecular formula is C29H32ClN5O9. The number of benzene rings is 1. The van der Waals surface area contributed by atoms with Crippen molar-refractivity contribution in [1.82, 2.24) is 25.3 Å². The lowest BCUT2D eigenvalue weighted by Gasteiger charge is -2.29. The van der Waals surface area contributed by atoms with Crippen molar-refractivity contribution in [3.8, 4) is 22.8 Å². The van der Waals surface area contributed by atoms with Crippen LogP contribution < -0.4 is 10.1 Å². The summed E-state index contributed by atoms with van der Waals surface area (Å²) in [6.45, 7) is 4.31. The zero-order chi connectivity index (χ0) is 32.0. The molecule has 14 nitrogen and oxygen atoms in total. The van der Waals surface area contributed by atoms with E-state index in [2.05, 4.69) is 20.6 Å². The number of methoxy groups -OCH3 is 1. The highest BCUT2D eigenvalue weighted by Gasteiger charge is 2.42. The van der Waals surface area contributed by atoms with Crippen LogP contribution in [-0.2, 0) is 35.1 Å². The molecule has 234 valence electrons. The van der Waals surface area contributed by atoms with Gasteiger partial charge < -0.3 is 29.4 Å². The molecule has 0 aliphatic carbocycles. The molecule has 0 unspecified atom stereocenters. The number of nitrogens with one attached hydrogen (secondary N) is 1. The minimum atomic E-state index is -1.46. The molecule has 1 saturated heterocycles. The van der Waals surface area contributed by atoms with Gasteiger partial charge in [0.1, 0.15) is 18.4 Å². The van der Waals surface area contributed by atoms with Gasteiger partial charge in [0.2, 0.25) is 0 Å². The van der Waals surface area contributed by atoms with Crippen LogP contribution in [0.3, 0.4) is 0 Å². The Kier molecular flexibility index (Phi) is 10.4. The average Bonchev–Trinajstić information content (AvgIpc) is 3.47. The number of aromatic hydroxyl groups is 1. The van der Waals surface area contributed by atoms with Crippen molar-refractivity contribution in [2.24, 2.45) is 11.8 Å². The lowest BCUT2D eigenvalue weighted by molar-refractivity contribution is -0.177. The first-order valence-corrected chi connectivity index (χ1v) is 14.1. The molecule has 4 rings (SSSR count). The fourth-order valence-corrected chi connectivity index (χ4v) is 4.61. The number of esters is 3. The smallest absolute Gasteiger partial charge is 0.332 e. The van der Waals surface area contributed by atoms with Crippen LogP contribution in [0, 0.1) is 11.8 Å². The minimum Gasteiger partial charge on any atom is -0.503 e. The number of ether oxygens (including phenoxy) is 4. The summed E-state index contributed by atoms with van der Waals surface area (Å²) in [5.41, 5.74) is 0.896. The minimum absolute atomic E-state index is 0.00744. The molecule has 1 aliphatic heterocycles. The van der Waals surface area contributed by atoms with Crippen LogP contribution in [0.4, 0.5) is 0 Å². The number of aryl methyl sites for hydroxylation is 1. The Bertz CT molecular complexity index is 1530. The summed E-state index contributed by atoms with van der Waals surface area (Å²) in [5, 5.41) is 21.5. The van der Waals surface area contributed by atoms with E-state index in [0.717, 1.165) is 5.56 Å². The van der Waals surface area contributed by atoms with Crippen LogP contribution in [0.1, 0.15) is 37.7 Å². The van der Waals surface area contributed by atoms with Gasteiger partial charge in [0.25, 0.3) is 5.91 Å². The van der Waals surface area contributed by atoms with Crippen LogP contribution in [0.2, 0.25) is 5.02 Å². The van der Waals surface area contributed by atoms with E-state index >= 15 is 0 Å². The Labute approximate surface area is 257 Å². The molecule has 4 atom stereocenters. The van der Waals surface area contributed by atoms with E-state index in [0.29, 0.717) is 10.7 Å². The quantitative estimate of drug-likeness (QED) is 0.261. The molecule has 1 fully saturated rings. The molecule has 1 amide bonds. The molecule has 0 saturated carbocycles. The van der Waals surface area contributed by atoms with Crippen molar-refractivity contribution in [1.29, 1.82) is 0 Å². The number of aromatic nitrogens is 4. The highest BCUT2D eigenvalue weighted by Crippen LogP contribution is 2.28. The predicted octanol–water partition coefficient (Wildman–Crippen LogP) is 2.57. The fraction of sp³-hybridized carbons (Fsp3) is 0.414. The van der Waals surface area contributed by atoms with Gasteiger partial charge in [-0.25, -0.2) is 9.78 Å². The van der Waals surface area contributed by atoms with Crippen molar-refractivity contribution in [3.05, 3.63) is 53.4 Å². The van der Waals surface area contributed by atoms with E-state index in [1.165, 1.54) is 31.0 Å². The van der Waals surface area contributed by atoms with Crippen molar-refractivity contribution in [2.45, 2.75) is 52.0 Å². The molecule has 0 bridgehead atoms. The third-order valence-electron chi connectivity index (χ3n) is 6.82. The van der Waals surface area contributed by atoms with E-state index in [-0.39, 0.29) is 18.7 Å². The van der Waals surface area contributed by atoms with E-state index in [1.807, 2.05) is 6.07 Å². The van der Waals surface area contributed by atoms with Gasteiger partial charge in [-0.15, -0.1) is 5.10 Å². The topological polar surface area (TPSA) is 181 Å². The van der Waals surface area contributed by atoms with Gasteiger partial charge in [-0.3, -0.25) is 19.1 Å². The first-order valence-electron chi connectivity index (χ1n) is 13.7. The van der Waals surface area contributed by atoms with E-state index in [4.69, 9.17) is 30.5 Å². The summed E-state index contributed by atoms with van der Waals surface area (Å²) >= 11 is 6.09. The largest absolute Gasteiger partial charge is 0.503 e. The number of rotatable bonds is 9. The SMILES string of the molecule is COc1ccnc(C(=O)N[C@H]2COC(=O)[C@H](CCn3cc(-c4cccc(Cl)c4)nn3)[C@@H](OC(=O)C(C)C)[C@H](C)OC2=O)c1O.